The molecule has 0 aromatic carbocycles. The van der Waals surface area contributed by atoms with Crippen molar-refractivity contribution in [2.45, 2.75) is 54.4 Å². The normalized spacial score (nSPS) is 39.2. The molecule has 2 fully saturated rings. The van der Waals surface area contributed by atoms with Gasteiger partial charge in [-0.1, -0.05) is 39.8 Å². The summed E-state index contributed by atoms with van der Waals surface area (Å²) in [5, 5.41) is 11.1. The smallest absolute Gasteiger partial charge is 0.183 e. The molecular formula is C21H28O4. The largest absolute Gasteiger partial charge is 0.510 e. The number of allylic oxidation sites excluding steroid dienone is 3. The summed E-state index contributed by atoms with van der Waals surface area (Å²) < 4.78 is 0. The van der Waals surface area contributed by atoms with Gasteiger partial charge in [0.25, 0.3) is 0 Å². The number of carbonyl (C=O) groups is 3. The van der Waals surface area contributed by atoms with Crippen LogP contribution in [0, 0.1) is 34.0 Å². The summed E-state index contributed by atoms with van der Waals surface area (Å²) >= 11 is 0. The van der Waals surface area contributed by atoms with E-state index < -0.39 is 22.5 Å². The van der Waals surface area contributed by atoms with Crippen molar-refractivity contribution in [3.8, 4) is 0 Å². The molecule has 3 rings (SSSR count). The molecule has 0 aromatic heterocycles. The Kier molecular flexibility index (Phi) is 3.56. The molecule has 3 aliphatic rings. The first-order chi connectivity index (χ1) is 11.3. The van der Waals surface area contributed by atoms with E-state index in [4.69, 9.17) is 0 Å². The first kappa shape index (κ1) is 18.1. The molecule has 136 valence electrons. The SMILES string of the molecule is C=C(C)[C@H]1C[C@@]23C(=O)[C@@](C)(C[C@H]2C1(C)C)C(=O)C(C(=O)C(C)C)=C3O. The molecule has 1 spiro atoms. The second kappa shape index (κ2) is 4.93. The van der Waals surface area contributed by atoms with Crippen LogP contribution in [-0.4, -0.2) is 22.5 Å². The van der Waals surface area contributed by atoms with Crippen molar-refractivity contribution in [3.63, 3.8) is 0 Å². The Bertz CT molecular complexity index is 754. The van der Waals surface area contributed by atoms with E-state index in [1.807, 2.05) is 6.92 Å². The lowest BCUT2D eigenvalue weighted by atomic mass is 9.65. The van der Waals surface area contributed by atoms with E-state index in [0.29, 0.717) is 12.8 Å². The molecular weight excluding hydrogens is 316 g/mol. The third-order valence-corrected chi connectivity index (χ3v) is 7.19. The van der Waals surface area contributed by atoms with E-state index in [1.54, 1.807) is 20.8 Å². The molecule has 4 atom stereocenters. The van der Waals surface area contributed by atoms with Gasteiger partial charge >= 0.3 is 0 Å². The molecule has 0 heterocycles. The Labute approximate surface area is 149 Å². The fraction of sp³-hybridized carbons (Fsp3) is 0.667. The van der Waals surface area contributed by atoms with Crippen LogP contribution in [0.25, 0.3) is 0 Å². The first-order valence-electron chi connectivity index (χ1n) is 9.06. The van der Waals surface area contributed by atoms with Crippen LogP contribution in [0.2, 0.25) is 0 Å². The summed E-state index contributed by atoms with van der Waals surface area (Å²) in [6.45, 7) is 15.3. The molecule has 1 N–H and O–H groups in total. The van der Waals surface area contributed by atoms with Crippen LogP contribution in [-0.2, 0) is 14.4 Å². The van der Waals surface area contributed by atoms with E-state index >= 15 is 0 Å². The molecule has 2 bridgehead atoms. The number of carbonyl (C=O) groups excluding carboxylic acids is 3. The number of fused-ring (bicyclic) bond motifs is 1. The average Bonchev–Trinajstić information content (AvgIpc) is 2.85. The minimum atomic E-state index is -1.20. The van der Waals surface area contributed by atoms with Crippen LogP contribution in [0.4, 0.5) is 0 Å². The maximum absolute atomic E-state index is 13.4. The number of hydrogen-bond acceptors (Lipinski definition) is 4. The zero-order valence-electron chi connectivity index (χ0n) is 16.0. The van der Waals surface area contributed by atoms with Crippen molar-refractivity contribution in [1.29, 1.82) is 0 Å². The van der Waals surface area contributed by atoms with Gasteiger partial charge in [0, 0.05) is 5.92 Å². The van der Waals surface area contributed by atoms with E-state index in [2.05, 4.69) is 20.4 Å². The number of rotatable bonds is 3. The summed E-state index contributed by atoms with van der Waals surface area (Å²) in [6.07, 6.45) is 0.822. The Morgan fingerprint density at radius 3 is 2.24 bits per heavy atom. The van der Waals surface area contributed by atoms with Crippen molar-refractivity contribution in [3.05, 3.63) is 23.5 Å². The second-order valence-corrected chi connectivity index (χ2v) is 9.39. The third kappa shape index (κ3) is 1.86. The standard InChI is InChI=1S/C21H28O4/c1-10(2)12-8-21-13(19(12,5)6)9-20(7,18(21)25)16(23)14(17(21)24)15(22)11(3)4/h11-13,24H,1,8-9H2,2-7H3/t12-,13+,20+,21-/m1/s1. The Balaban J connectivity index is 2.31. The highest BCUT2D eigenvalue weighted by atomic mass is 16.3. The zero-order valence-corrected chi connectivity index (χ0v) is 16.0. The molecule has 0 unspecified atom stereocenters. The summed E-state index contributed by atoms with van der Waals surface area (Å²) in [5.74, 6) is -1.83. The summed E-state index contributed by atoms with van der Waals surface area (Å²) in [7, 11) is 0. The topological polar surface area (TPSA) is 71.4 Å². The van der Waals surface area contributed by atoms with Crippen LogP contribution < -0.4 is 0 Å². The van der Waals surface area contributed by atoms with Crippen LogP contribution in [0.3, 0.4) is 0 Å². The number of Topliss-reactive ketones (excluding diaryl/α,β-unsaturated/α-hetero) is 3. The van der Waals surface area contributed by atoms with Crippen molar-refractivity contribution < 1.29 is 19.5 Å². The highest BCUT2D eigenvalue weighted by molar-refractivity contribution is 6.32. The molecule has 0 saturated heterocycles. The zero-order chi connectivity index (χ0) is 19.1. The minimum absolute atomic E-state index is 0.0664. The average molecular weight is 344 g/mol. The maximum Gasteiger partial charge on any atom is 0.183 e. The van der Waals surface area contributed by atoms with Crippen LogP contribution >= 0.6 is 0 Å². The molecule has 2 saturated carbocycles. The van der Waals surface area contributed by atoms with Gasteiger partial charge in [0.1, 0.15) is 11.3 Å². The lowest BCUT2D eigenvalue weighted by Gasteiger charge is -2.36. The number of aliphatic hydroxyl groups is 1. The molecule has 3 aliphatic carbocycles. The van der Waals surface area contributed by atoms with Gasteiger partial charge in [-0.3, -0.25) is 14.4 Å². The lowest BCUT2D eigenvalue weighted by Crippen LogP contribution is -2.48. The lowest BCUT2D eigenvalue weighted by molar-refractivity contribution is -0.143. The van der Waals surface area contributed by atoms with Crippen molar-refractivity contribution in [2.75, 3.05) is 0 Å². The molecule has 0 radical (unpaired) electrons. The van der Waals surface area contributed by atoms with Gasteiger partial charge in [-0.25, -0.2) is 0 Å². The molecule has 0 amide bonds. The number of ketones is 3. The van der Waals surface area contributed by atoms with E-state index in [9.17, 15) is 19.5 Å². The van der Waals surface area contributed by atoms with Gasteiger partial charge in [-0.2, -0.15) is 0 Å². The monoisotopic (exact) mass is 344 g/mol. The Morgan fingerprint density at radius 2 is 1.76 bits per heavy atom. The highest BCUT2D eigenvalue weighted by Gasteiger charge is 2.76. The van der Waals surface area contributed by atoms with Gasteiger partial charge in [0.2, 0.25) is 0 Å². The van der Waals surface area contributed by atoms with Gasteiger partial charge in [-0.15, -0.1) is 0 Å². The maximum atomic E-state index is 13.4. The van der Waals surface area contributed by atoms with Crippen LogP contribution in [0.5, 0.6) is 0 Å². The fourth-order valence-corrected chi connectivity index (χ4v) is 5.78. The minimum Gasteiger partial charge on any atom is -0.510 e. The number of hydrogen-bond donors (Lipinski definition) is 1. The Morgan fingerprint density at radius 1 is 1.20 bits per heavy atom. The van der Waals surface area contributed by atoms with E-state index in [-0.39, 0.29) is 40.1 Å². The van der Waals surface area contributed by atoms with Crippen molar-refractivity contribution >= 4 is 17.3 Å². The number of aliphatic hydroxyl groups excluding tert-OH is 1. The van der Waals surface area contributed by atoms with Crippen LogP contribution in [0.1, 0.15) is 54.4 Å². The molecule has 4 nitrogen and oxygen atoms in total. The predicted molar refractivity (Wildman–Crippen MR) is 94.9 cm³/mol. The van der Waals surface area contributed by atoms with Crippen LogP contribution in [0.15, 0.2) is 23.5 Å². The second-order valence-electron chi connectivity index (χ2n) is 9.39. The third-order valence-electron chi connectivity index (χ3n) is 7.19. The Hall–Kier alpha value is -1.71. The first-order valence-corrected chi connectivity index (χ1v) is 9.06. The summed E-state index contributed by atoms with van der Waals surface area (Å²) in [5.41, 5.74) is -1.74. The summed E-state index contributed by atoms with van der Waals surface area (Å²) in [6, 6.07) is 0. The van der Waals surface area contributed by atoms with Crippen molar-refractivity contribution in [1.82, 2.24) is 0 Å². The molecule has 25 heavy (non-hydrogen) atoms. The van der Waals surface area contributed by atoms with E-state index in [0.717, 1.165) is 5.57 Å². The van der Waals surface area contributed by atoms with E-state index in [1.165, 1.54) is 0 Å². The van der Waals surface area contributed by atoms with Gasteiger partial charge in [0.05, 0.1) is 10.8 Å². The van der Waals surface area contributed by atoms with Gasteiger partial charge < -0.3 is 5.11 Å². The molecule has 0 aromatic rings. The molecule has 4 heteroatoms. The fourth-order valence-electron chi connectivity index (χ4n) is 5.78. The summed E-state index contributed by atoms with van der Waals surface area (Å²) in [4.78, 5) is 39.1. The van der Waals surface area contributed by atoms with Gasteiger partial charge in [-0.05, 0) is 43.9 Å². The van der Waals surface area contributed by atoms with Crippen molar-refractivity contribution in [2.24, 2.45) is 34.0 Å². The predicted octanol–water partition coefficient (Wildman–Crippen LogP) is 3.81. The molecule has 0 aliphatic heterocycles. The highest BCUT2D eigenvalue weighted by Crippen LogP contribution is 2.72. The quantitative estimate of drug-likeness (QED) is 0.480. The van der Waals surface area contributed by atoms with Gasteiger partial charge in [0.15, 0.2) is 17.3 Å².